The van der Waals surface area contributed by atoms with Crippen LogP contribution in [0.3, 0.4) is 0 Å². The van der Waals surface area contributed by atoms with Crippen LogP contribution in [0, 0.1) is 0 Å². The molecule has 2 N–H and O–H groups in total. The van der Waals surface area contributed by atoms with Gasteiger partial charge in [-0.15, -0.1) is 0 Å². The molecule has 0 heterocycles. The molecular formula is C34H65O9PS. The molecule has 0 unspecified atom stereocenters. The Hall–Kier alpha value is -0.930. The molecule has 0 aliphatic carbocycles. The molecule has 9 nitrogen and oxygen atoms in total. The smallest absolute Gasteiger partial charge is 0.462 e. The molecule has 0 aromatic rings. The summed E-state index contributed by atoms with van der Waals surface area (Å²) in [5.41, 5.74) is 0. The lowest BCUT2D eigenvalue weighted by molar-refractivity contribution is -0.161. The van der Waals surface area contributed by atoms with E-state index in [1.165, 1.54) is 102 Å². The number of phosphoric acid groups is 1. The van der Waals surface area contributed by atoms with Crippen molar-refractivity contribution in [1.29, 1.82) is 0 Å². The van der Waals surface area contributed by atoms with Gasteiger partial charge in [-0.05, 0) is 19.3 Å². The molecule has 0 aromatic carbocycles. The van der Waals surface area contributed by atoms with Crippen LogP contribution in [0.2, 0.25) is 0 Å². The van der Waals surface area contributed by atoms with Crippen molar-refractivity contribution in [2.75, 3.05) is 19.0 Å². The van der Waals surface area contributed by atoms with E-state index in [1.807, 2.05) is 0 Å². The average molecular weight is 681 g/mol. The molecule has 0 bridgehead atoms. The van der Waals surface area contributed by atoms with Gasteiger partial charge >= 0.3 is 19.8 Å². The third-order valence-electron chi connectivity index (χ3n) is 7.72. The van der Waals surface area contributed by atoms with E-state index < -0.39 is 32.5 Å². The van der Waals surface area contributed by atoms with Crippen LogP contribution < -0.4 is 0 Å². The van der Waals surface area contributed by atoms with E-state index in [4.69, 9.17) is 19.3 Å². The molecule has 0 aromatic heterocycles. The van der Waals surface area contributed by atoms with Crippen molar-refractivity contribution in [2.45, 2.75) is 180 Å². The van der Waals surface area contributed by atoms with Gasteiger partial charge in [0.2, 0.25) is 0 Å². The second-order valence-corrected chi connectivity index (χ2v) is 14.7. The van der Waals surface area contributed by atoms with Crippen LogP contribution in [0.25, 0.3) is 0 Å². The zero-order chi connectivity index (χ0) is 33.4. The number of hydrogen-bond donors (Lipinski definition) is 2. The number of rotatable bonds is 33. The van der Waals surface area contributed by atoms with Crippen LogP contribution in [-0.2, 0) is 32.9 Å². The number of thioether (sulfide) groups is 1. The highest BCUT2D eigenvalue weighted by Gasteiger charge is 2.22. The van der Waals surface area contributed by atoms with Crippen molar-refractivity contribution in [1.82, 2.24) is 0 Å². The fourth-order valence-corrected chi connectivity index (χ4v) is 6.08. The molecule has 266 valence electrons. The highest BCUT2D eigenvalue weighted by atomic mass is 32.2. The predicted molar refractivity (Wildman–Crippen MR) is 183 cm³/mol. The number of phosphoric ester groups is 1. The highest BCUT2D eigenvalue weighted by Crippen LogP contribution is 2.36. The summed E-state index contributed by atoms with van der Waals surface area (Å²) in [5, 5.41) is 0.211. The van der Waals surface area contributed by atoms with Gasteiger partial charge in [0.15, 0.2) is 11.2 Å². The van der Waals surface area contributed by atoms with Gasteiger partial charge in [0.1, 0.15) is 6.61 Å². The summed E-state index contributed by atoms with van der Waals surface area (Å²) in [6.07, 6.45) is 25.9. The maximum Gasteiger partial charge on any atom is 0.469 e. The van der Waals surface area contributed by atoms with E-state index >= 15 is 0 Å². The Labute approximate surface area is 278 Å². The summed E-state index contributed by atoms with van der Waals surface area (Å²) < 4.78 is 26.2. The lowest BCUT2D eigenvalue weighted by atomic mass is 10.0. The highest BCUT2D eigenvalue weighted by molar-refractivity contribution is 8.13. The summed E-state index contributed by atoms with van der Waals surface area (Å²) in [5.74, 6) is 0.0476. The lowest BCUT2D eigenvalue weighted by Crippen LogP contribution is -2.29. The van der Waals surface area contributed by atoms with Crippen LogP contribution in [0.1, 0.15) is 174 Å². The minimum Gasteiger partial charge on any atom is -0.462 e. The first-order chi connectivity index (χ1) is 21.6. The molecule has 0 saturated heterocycles. The normalized spacial score (nSPS) is 12.3. The quantitative estimate of drug-likeness (QED) is 0.0392. The van der Waals surface area contributed by atoms with E-state index in [0.29, 0.717) is 12.8 Å². The standard InChI is InChI=1S/C34H65O9PS/c1-3-4-5-6-7-8-14-18-21-24-27-34(37)43-32(30-42-44(38,39)40)29-41-33(36)26-23-20-17-15-12-10-9-11-13-16-19-22-25-28-45-31(2)35/h32H,3-30H2,1-2H3,(H2,38,39,40)/t32-/m0/s1. The summed E-state index contributed by atoms with van der Waals surface area (Å²) in [4.78, 5) is 53.4. The first-order valence-electron chi connectivity index (χ1n) is 17.8. The predicted octanol–water partition coefficient (Wildman–Crippen LogP) is 9.60. The van der Waals surface area contributed by atoms with Crippen LogP contribution in [0.5, 0.6) is 0 Å². The Balaban J connectivity index is 3.89. The van der Waals surface area contributed by atoms with Gasteiger partial charge < -0.3 is 19.3 Å². The minimum atomic E-state index is -4.75. The van der Waals surface area contributed by atoms with Gasteiger partial charge in [0.25, 0.3) is 0 Å². The molecule has 0 amide bonds. The Morgan fingerprint density at radius 3 is 1.42 bits per heavy atom. The summed E-state index contributed by atoms with van der Waals surface area (Å²) in [6, 6.07) is 0. The van der Waals surface area contributed by atoms with Crippen LogP contribution in [0.15, 0.2) is 0 Å². The van der Waals surface area contributed by atoms with Gasteiger partial charge in [-0.2, -0.15) is 0 Å². The first kappa shape index (κ1) is 44.1. The van der Waals surface area contributed by atoms with Crippen molar-refractivity contribution in [2.24, 2.45) is 0 Å². The van der Waals surface area contributed by atoms with E-state index in [-0.39, 0.29) is 24.6 Å². The topological polar surface area (TPSA) is 136 Å². The molecule has 1 atom stereocenters. The first-order valence-corrected chi connectivity index (χ1v) is 20.3. The van der Waals surface area contributed by atoms with Crippen LogP contribution >= 0.6 is 19.6 Å². The van der Waals surface area contributed by atoms with Gasteiger partial charge in [-0.25, -0.2) is 4.57 Å². The fourth-order valence-electron chi connectivity index (χ4n) is 5.09. The monoisotopic (exact) mass is 680 g/mol. The Morgan fingerprint density at radius 2 is 1.00 bits per heavy atom. The third kappa shape index (κ3) is 35.8. The SMILES string of the molecule is CCCCCCCCCCCCC(=O)O[C@@H](COC(=O)CCCCCCCCCCCCCCCSC(C)=O)COP(=O)(O)O. The second-order valence-electron chi connectivity index (χ2n) is 12.2. The van der Waals surface area contributed by atoms with Crippen molar-refractivity contribution in [3.8, 4) is 0 Å². The number of esters is 2. The summed E-state index contributed by atoms with van der Waals surface area (Å²) in [6.45, 7) is 3.01. The second kappa shape index (κ2) is 31.7. The van der Waals surface area contributed by atoms with Crippen molar-refractivity contribution >= 4 is 36.6 Å². The Bertz CT molecular complexity index is 775. The zero-order valence-corrected chi connectivity index (χ0v) is 30.2. The van der Waals surface area contributed by atoms with E-state index in [9.17, 15) is 18.9 Å². The minimum absolute atomic E-state index is 0.209. The fraction of sp³-hybridized carbons (Fsp3) is 0.912. The van der Waals surface area contributed by atoms with Gasteiger partial charge in [-0.1, -0.05) is 147 Å². The molecule has 0 aliphatic rings. The number of unbranched alkanes of at least 4 members (excludes halogenated alkanes) is 21. The average Bonchev–Trinajstić information content (AvgIpc) is 2.98. The maximum atomic E-state index is 12.3. The van der Waals surface area contributed by atoms with E-state index in [1.54, 1.807) is 6.92 Å². The van der Waals surface area contributed by atoms with Gasteiger partial charge in [-0.3, -0.25) is 18.9 Å². The van der Waals surface area contributed by atoms with Crippen molar-refractivity contribution in [3.05, 3.63) is 0 Å². The molecular weight excluding hydrogens is 615 g/mol. The zero-order valence-electron chi connectivity index (χ0n) is 28.5. The molecule has 45 heavy (non-hydrogen) atoms. The van der Waals surface area contributed by atoms with Crippen LogP contribution in [-0.4, -0.2) is 51.9 Å². The molecule has 0 radical (unpaired) electrons. The molecule has 0 saturated carbocycles. The Morgan fingerprint density at radius 1 is 0.600 bits per heavy atom. The van der Waals surface area contributed by atoms with E-state index in [0.717, 1.165) is 50.7 Å². The lowest BCUT2D eigenvalue weighted by Gasteiger charge is -2.18. The summed E-state index contributed by atoms with van der Waals surface area (Å²) in [7, 11) is -4.75. The Kier molecular flexibility index (Phi) is 31.0. The van der Waals surface area contributed by atoms with Gasteiger partial charge in [0.05, 0.1) is 6.61 Å². The molecule has 0 spiro atoms. The molecule has 0 rings (SSSR count). The number of carbonyl (C=O) groups excluding carboxylic acids is 3. The largest absolute Gasteiger partial charge is 0.469 e. The van der Waals surface area contributed by atoms with Crippen molar-refractivity contribution in [3.63, 3.8) is 0 Å². The number of hydrogen-bond acceptors (Lipinski definition) is 8. The number of ether oxygens (including phenoxy) is 2. The van der Waals surface area contributed by atoms with Crippen LogP contribution in [0.4, 0.5) is 0 Å². The third-order valence-corrected chi connectivity index (χ3v) is 9.11. The summed E-state index contributed by atoms with van der Waals surface area (Å²) >= 11 is 1.43. The van der Waals surface area contributed by atoms with Crippen molar-refractivity contribution < 1.29 is 42.7 Å². The van der Waals surface area contributed by atoms with Gasteiger partial charge in [0, 0.05) is 25.5 Å². The number of carbonyl (C=O) groups is 3. The molecule has 0 fully saturated rings. The van der Waals surface area contributed by atoms with E-state index in [2.05, 4.69) is 11.4 Å². The molecule has 0 aliphatic heterocycles. The molecule has 11 heteroatoms. The maximum absolute atomic E-state index is 12.3.